The molecule has 5 N–H and O–H groups in total. The molecule has 1 saturated heterocycles. The first kappa shape index (κ1) is 30.1. The number of hydrogen-bond acceptors (Lipinski definition) is 11. The molecule has 1 fully saturated rings. The summed E-state index contributed by atoms with van der Waals surface area (Å²) in [6, 6.07) is -1.78. The van der Waals surface area contributed by atoms with E-state index in [-0.39, 0.29) is 58.5 Å². The van der Waals surface area contributed by atoms with E-state index in [1.54, 1.807) is 13.8 Å². The van der Waals surface area contributed by atoms with Crippen molar-refractivity contribution in [2.24, 2.45) is 0 Å². The highest BCUT2D eigenvalue weighted by molar-refractivity contribution is 7.75. The Bertz CT molecular complexity index is 822. The number of imide groups is 1. The van der Waals surface area contributed by atoms with Crippen LogP contribution in [0.5, 0.6) is 0 Å². The van der Waals surface area contributed by atoms with E-state index in [1.165, 1.54) is 0 Å². The molecular formula is C21H36N6O9S. The molecule has 1 aliphatic rings. The number of thiol groups is 1. The molecule has 6 amide bonds. The first-order chi connectivity index (χ1) is 18.2. The van der Waals surface area contributed by atoms with Crippen LogP contribution in [0.4, 0.5) is 9.59 Å². The number of hydroxylamine groups is 1. The summed E-state index contributed by atoms with van der Waals surface area (Å²) in [6.07, 6.45) is -0.151. The first-order valence-corrected chi connectivity index (χ1v) is 12.3. The van der Waals surface area contributed by atoms with Gasteiger partial charge in [0.15, 0.2) is 0 Å². The third-order valence-corrected chi connectivity index (χ3v) is 5.19. The molecule has 0 aromatic carbocycles. The molecule has 1 aliphatic heterocycles. The minimum atomic E-state index is -0.899. The fourth-order valence-corrected chi connectivity index (χ4v) is 3.43. The van der Waals surface area contributed by atoms with E-state index in [9.17, 15) is 28.8 Å². The first-order valence-electron chi connectivity index (χ1n) is 12.4. The summed E-state index contributed by atoms with van der Waals surface area (Å²) in [7, 11) is 0. The van der Waals surface area contributed by atoms with Crippen LogP contribution in [0.2, 0.25) is 0 Å². The summed E-state index contributed by atoms with van der Waals surface area (Å²) >= 11 is 0.257. The molecule has 0 bridgehead atoms. The second kappa shape index (κ2) is 18.2. The van der Waals surface area contributed by atoms with E-state index in [1.807, 2.05) is 0 Å². The summed E-state index contributed by atoms with van der Waals surface area (Å²) in [5.74, 6) is -1.89. The molecule has 0 aromatic heterocycles. The van der Waals surface area contributed by atoms with Crippen LogP contribution in [0.1, 0.15) is 46.0 Å². The lowest BCUT2D eigenvalue weighted by Gasteiger charge is -2.18. The number of carbonyl (C=O) groups is 6. The molecule has 0 aromatic rings. The van der Waals surface area contributed by atoms with Gasteiger partial charge in [-0.15, -0.1) is 0 Å². The smallest absolute Gasteiger partial charge is 0.407 e. The summed E-state index contributed by atoms with van der Waals surface area (Å²) in [5, 5.41) is 10.3. The van der Waals surface area contributed by atoms with Crippen molar-refractivity contribution in [3.8, 4) is 0 Å². The van der Waals surface area contributed by atoms with Gasteiger partial charge in [-0.05, 0) is 45.9 Å². The second-order valence-electron chi connectivity index (χ2n) is 7.79. The van der Waals surface area contributed by atoms with Gasteiger partial charge in [0.25, 0.3) is 0 Å². The van der Waals surface area contributed by atoms with E-state index in [2.05, 4.69) is 31.0 Å². The van der Waals surface area contributed by atoms with Crippen molar-refractivity contribution in [1.82, 2.24) is 31.6 Å². The van der Waals surface area contributed by atoms with Crippen molar-refractivity contribution < 1.29 is 42.5 Å². The molecule has 37 heavy (non-hydrogen) atoms. The van der Waals surface area contributed by atoms with E-state index < -0.39 is 47.9 Å². The third-order valence-electron chi connectivity index (χ3n) is 5.09. The van der Waals surface area contributed by atoms with Crippen LogP contribution in [0.15, 0.2) is 0 Å². The van der Waals surface area contributed by atoms with Gasteiger partial charge in [0.2, 0.25) is 23.6 Å². The summed E-state index contributed by atoms with van der Waals surface area (Å²) < 4.78 is 21.0. The predicted molar refractivity (Wildman–Crippen MR) is 132 cm³/mol. The molecule has 2 unspecified atom stereocenters. The minimum Gasteiger partial charge on any atom is -0.450 e. The molecule has 210 valence electrons. The fraction of sp³-hybridized carbons (Fsp3) is 0.714. The Hall–Kier alpha value is -3.11. The number of alkyl carbamates (subject to hydrolysis) is 2. The second-order valence-corrected chi connectivity index (χ2v) is 7.96. The lowest BCUT2D eigenvalue weighted by Crippen LogP contribution is -2.48. The van der Waals surface area contributed by atoms with E-state index in [0.29, 0.717) is 25.8 Å². The number of likely N-dealkylation sites (tertiary alicyclic amines) is 1. The minimum absolute atomic E-state index is 0.0751. The van der Waals surface area contributed by atoms with Crippen molar-refractivity contribution in [1.29, 1.82) is 1.12 Å². The molecule has 15 nitrogen and oxygen atoms in total. The highest BCUT2D eigenvalue weighted by Crippen LogP contribution is 2.13. The van der Waals surface area contributed by atoms with Gasteiger partial charge in [0.05, 0.1) is 19.6 Å². The Kier molecular flexibility index (Phi) is 14.8. The van der Waals surface area contributed by atoms with Crippen molar-refractivity contribution in [2.75, 3.05) is 39.4 Å². The van der Waals surface area contributed by atoms with Gasteiger partial charge >= 0.3 is 12.2 Å². The monoisotopic (exact) mass is 550 g/mol. The summed E-state index contributed by atoms with van der Waals surface area (Å²) in [6.45, 7) is 4.13. The quantitative estimate of drug-likeness (QED) is 0.0411. The van der Waals surface area contributed by atoms with Gasteiger partial charge < -0.3 is 30.7 Å². The maximum atomic E-state index is 12.6. The molecule has 1 rings (SSSR count). The van der Waals surface area contributed by atoms with Gasteiger partial charge in [0, 0.05) is 32.6 Å². The Balaban J connectivity index is 2.37. The number of nitrogens with zero attached hydrogens (tertiary/aromatic N) is 1. The largest absolute Gasteiger partial charge is 0.450 e. The Morgan fingerprint density at radius 2 is 1.73 bits per heavy atom. The molecule has 2 atom stereocenters. The number of unbranched alkanes of at least 4 members (excludes halogenated alkanes) is 1. The van der Waals surface area contributed by atoms with E-state index in [0.717, 1.165) is 4.90 Å². The lowest BCUT2D eigenvalue weighted by atomic mass is 10.1. The highest BCUT2D eigenvalue weighted by Gasteiger charge is 2.38. The summed E-state index contributed by atoms with van der Waals surface area (Å²) in [4.78, 5) is 72.9. The standard InChI is InChI=1S/C21H36N6O9S/c1-3-34-20(32)24-9-6-5-7-14(25-21(33)35-4-2)18(30)23-11-10-22-16(28)8-12-27-17(29)13-15(19(27)31)26-36-37/h14-15,26,37H,3-13H2,1-2H3,(H,22,28)(H,23,30)(H,24,32)(H,25,33)/i/hT. The molecule has 0 saturated carbocycles. The van der Waals surface area contributed by atoms with Crippen LogP contribution in [-0.2, 0) is 32.9 Å². The Morgan fingerprint density at radius 3 is 2.43 bits per heavy atom. The van der Waals surface area contributed by atoms with Gasteiger partial charge in [-0.2, -0.15) is 5.48 Å². The van der Waals surface area contributed by atoms with Crippen LogP contribution in [-0.4, -0.2) is 93.3 Å². The maximum absolute atomic E-state index is 12.6. The normalized spacial score (nSPS) is 16.0. The van der Waals surface area contributed by atoms with Crippen LogP contribution in [0.25, 0.3) is 0 Å². The van der Waals surface area contributed by atoms with Crippen molar-refractivity contribution in [2.45, 2.75) is 58.0 Å². The zero-order chi connectivity index (χ0) is 28.3. The number of hydrogen-bond donors (Lipinski definition) is 6. The average molecular weight is 551 g/mol. The van der Waals surface area contributed by atoms with Crippen molar-refractivity contribution in [3.63, 3.8) is 0 Å². The zero-order valence-corrected chi connectivity index (χ0v) is 21.8. The van der Waals surface area contributed by atoms with E-state index >= 15 is 0 Å². The molecule has 16 heteroatoms. The topological polar surface area (TPSA) is 193 Å². The molecule has 0 spiro atoms. The zero-order valence-electron chi connectivity index (χ0n) is 22.0. The van der Waals surface area contributed by atoms with Gasteiger partial charge in [-0.1, -0.05) is 0 Å². The van der Waals surface area contributed by atoms with Crippen molar-refractivity contribution in [3.05, 3.63) is 0 Å². The Labute approximate surface area is 221 Å². The fourth-order valence-electron chi connectivity index (χ4n) is 3.31. The van der Waals surface area contributed by atoms with Gasteiger partial charge in [-0.3, -0.25) is 24.1 Å². The van der Waals surface area contributed by atoms with E-state index in [4.69, 9.17) is 10.6 Å². The third kappa shape index (κ3) is 12.6. The SMILES string of the molecule is [3H]SONC1CC(=O)N(CCC(=O)NCCNC(=O)C(CCCCNC(=O)OCC)NC(=O)OCC)C1=O. The number of nitrogens with one attached hydrogen (secondary N) is 5. The number of carbonyl (C=O) groups excluding carboxylic acids is 6. The molecule has 0 radical (unpaired) electrons. The number of amides is 6. The van der Waals surface area contributed by atoms with Crippen LogP contribution in [0, 0.1) is 0 Å². The van der Waals surface area contributed by atoms with Crippen LogP contribution in [0.3, 0.4) is 0 Å². The maximum Gasteiger partial charge on any atom is 0.407 e. The average Bonchev–Trinajstić information content (AvgIpc) is 3.15. The van der Waals surface area contributed by atoms with Crippen LogP contribution >= 0.6 is 12.8 Å². The van der Waals surface area contributed by atoms with Gasteiger partial charge in [-0.25, -0.2) is 13.9 Å². The lowest BCUT2D eigenvalue weighted by molar-refractivity contribution is -0.139. The molecule has 0 aliphatic carbocycles. The predicted octanol–water partition coefficient (Wildman–Crippen LogP) is -0.866. The molecule has 1 heterocycles. The Morgan fingerprint density at radius 1 is 1.03 bits per heavy atom. The van der Waals surface area contributed by atoms with Gasteiger partial charge in [0.1, 0.15) is 13.2 Å². The molecular weight excluding hydrogens is 512 g/mol. The highest BCUT2D eigenvalue weighted by atomic mass is 32.1. The number of rotatable bonds is 18. The number of ether oxygens (including phenoxy) is 2. The summed E-state index contributed by atoms with van der Waals surface area (Å²) in [5.41, 5.74) is 2.30. The van der Waals surface area contributed by atoms with Crippen LogP contribution < -0.4 is 26.7 Å². The van der Waals surface area contributed by atoms with Crippen molar-refractivity contribution >= 4 is 48.6 Å².